The predicted molar refractivity (Wildman–Crippen MR) is 76.1 cm³/mol. The van der Waals surface area contributed by atoms with E-state index in [2.05, 4.69) is 22.3 Å². The molecule has 20 heavy (non-hydrogen) atoms. The zero-order chi connectivity index (χ0) is 13.4. The van der Waals surface area contributed by atoms with Crippen LogP contribution in [0.3, 0.4) is 0 Å². The predicted octanol–water partition coefficient (Wildman–Crippen LogP) is 3.66. The normalized spacial score (nSPS) is 11.0. The van der Waals surface area contributed by atoms with E-state index in [9.17, 15) is 0 Å². The molecule has 0 saturated carbocycles. The van der Waals surface area contributed by atoms with Gasteiger partial charge in [-0.3, -0.25) is 4.40 Å². The van der Waals surface area contributed by atoms with E-state index >= 15 is 0 Å². The van der Waals surface area contributed by atoms with Crippen molar-refractivity contribution in [2.45, 2.75) is 0 Å². The van der Waals surface area contributed by atoms with Crippen LogP contribution >= 0.6 is 0 Å². The molecular formula is C16H11N3O. The van der Waals surface area contributed by atoms with Crippen molar-refractivity contribution in [3.8, 4) is 22.5 Å². The van der Waals surface area contributed by atoms with E-state index in [0.29, 0.717) is 0 Å². The molecule has 0 radical (unpaired) electrons. The van der Waals surface area contributed by atoms with Crippen LogP contribution in [0.2, 0.25) is 0 Å². The maximum absolute atomic E-state index is 5.68. The topological polar surface area (TPSA) is 43.3 Å². The molecule has 0 aliphatic heterocycles. The number of rotatable bonds is 2. The van der Waals surface area contributed by atoms with Crippen LogP contribution in [0.5, 0.6) is 0 Å². The first-order valence-electron chi connectivity index (χ1n) is 6.34. The fraction of sp³-hybridized carbons (Fsp3) is 0. The Hall–Kier alpha value is -2.88. The summed E-state index contributed by atoms with van der Waals surface area (Å²) in [6.45, 7) is 0. The Kier molecular flexibility index (Phi) is 2.39. The molecule has 0 saturated heterocycles. The highest BCUT2D eigenvalue weighted by molar-refractivity contribution is 5.69. The second kappa shape index (κ2) is 4.35. The van der Waals surface area contributed by atoms with Crippen molar-refractivity contribution in [1.29, 1.82) is 0 Å². The van der Waals surface area contributed by atoms with Crippen LogP contribution in [0.15, 0.2) is 71.7 Å². The number of aromatic nitrogens is 3. The molecule has 0 N–H and O–H groups in total. The van der Waals surface area contributed by atoms with E-state index in [4.69, 9.17) is 4.42 Å². The largest absolute Gasteiger partial charge is 0.464 e. The zero-order valence-electron chi connectivity index (χ0n) is 10.6. The van der Waals surface area contributed by atoms with Crippen molar-refractivity contribution in [3.63, 3.8) is 0 Å². The van der Waals surface area contributed by atoms with Gasteiger partial charge in [-0.2, -0.15) is 0 Å². The van der Waals surface area contributed by atoms with Gasteiger partial charge in [0.2, 0.25) is 0 Å². The van der Waals surface area contributed by atoms with Gasteiger partial charge in [-0.05, 0) is 23.8 Å². The molecule has 0 unspecified atom stereocenters. The van der Waals surface area contributed by atoms with Crippen LogP contribution in [-0.2, 0) is 0 Å². The fourth-order valence-electron chi connectivity index (χ4n) is 2.24. The molecular weight excluding hydrogens is 250 g/mol. The average molecular weight is 261 g/mol. The standard InChI is InChI=1S/C16H11N3O/c1-2-4-12(5-3-1)14-8-15(20-10-14)13-6-7-16-18-17-11-19(16)9-13/h1-11H. The molecule has 4 heteroatoms. The van der Waals surface area contributed by atoms with Crippen molar-refractivity contribution in [1.82, 2.24) is 14.6 Å². The van der Waals surface area contributed by atoms with Gasteiger partial charge < -0.3 is 4.42 Å². The van der Waals surface area contributed by atoms with Gasteiger partial charge in [-0.1, -0.05) is 30.3 Å². The van der Waals surface area contributed by atoms with Crippen LogP contribution < -0.4 is 0 Å². The molecule has 0 atom stereocenters. The number of hydrogen-bond acceptors (Lipinski definition) is 3. The molecule has 0 spiro atoms. The first-order valence-corrected chi connectivity index (χ1v) is 6.34. The molecule has 4 aromatic rings. The summed E-state index contributed by atoms with van der Waals surface area (Å²) in [5, 5.41) is 7.86. The number of furan rings is 1. The molecule has 1 aromatic carbocycles. The highest BCUT2D eigenvalue weighted by Crippen LogP contribution is 2.28. The SMILES string of the molecule is c1ccc(-c2coc(-c3ccc4nncn4c3)c2)cc1. The van der Waals surface area contributed by atoms with E-state index in [-0.39, 0.29) is 0 Å². The first kappa shape index (κ1) is 11.0. The summed E-state index contributed by atoms with van der Waals surface area (Å²) < 4.78 is 7.55. The minimum absolute atomic E-state index is 0.823. The number of benzene rings is 1. The average Bonchev–Trinajstić information content (AvgIpc) is 3.16. The van der Waals surface area contributed by atoms with Gasteiger partial charge in [0.15, 0.2) is 5.65 Å². The van der Waals surface area contributed by atoms with Gasteiger partial charge in [0.1, 0.15) is 12.1 Å². The van der Waals surface area contributed by atoms with E-state index in [1.54, 1.807) is 12.6 Å². The summed E-state index contributed by atoms with van der Waals surface area (Å²) in [4.78, 5) is 0. The van der Waals surface area contributed by atoms with E-state index in [1.165, 1.54) is 0 Å². The Bertz CT molecular complexity index is 861. The number of hydrogen-bond donors (Lipinski definition) is 0. The van der Waals surface area contributed by atoms with Crippen molar-refractivity contribution >= 4 is 5.65 Å². The highest BCUT2D eigenvalue weighted by atomic mass is 16.3. The minimum Gasteiger partial charge on any atom is -0.464 e. The lowest BCUT2D eigenvalue weighted by Crippen LogP contribution is -1.83. The van der Waals surface area contributed by atoms with Crippen molar-refractivity contribution in [3.05, 3.63) is 67.3 Å². The smallest absolute Gasteiger partial charge is 0.160 e. The summed E-state index contributed by atoms with van der Waals surface area (Å²) in [7, 11) is 0. The monoisotopic (exact) mass is 261 g/mol. The van der Waals surface area contributed by atoms with Crippen molar-refractivity contribution < 1.29 is 4.42 Å². The van der Waals surface area contributed by atoms with Gasteiger partial charge >= 0.3 is 0 Å². The molecule has 0 aliphatic rings. The van der Waals surface area contributed by atoms with E-state index < -0.39 is 0 Å². The second-order valence-electron chi connectivity index (χ2n) is 4.58. The zero-order valence-corrected chi connectivity index (χ0v) is 10.6. The quantitative estimate of drug-likeness (QED) is 0.553. The number of pyridine rings is 1. The highest BCUT2D eigenvalue weighted by Gasteiger charge is 2.07. The summed E-state index contributed by atoms with van der Waals surface area (Å²) in [6, 6.07) is 16.1. The van der Waals surface area contributed by atoms with E-state index in [0.717, 1.165) is 28.1 Å². The molecule has 0 fully saturated rings. The summed E-state index contributed by atoms with van der Waals surface area (Å²) in [5.41, 5.74) is 4.04. The molecule has 4 rings (SSSR count). The Morgan fingerprint density at radius 2 is 1.80 bits per heavy atom. The molecule has 4 nitrogen and oxygen atoms in total. The summed E-state index contributed by atoms with van der Waals surface area (Å²) in [5.74, 6) is 0.833. The lowest BCUT2D eigenvalue weighted by Gasteiger charge is -1.97. The Morgan fingerprint density at radius 1 is 0.900 bits per heavy atom. The Balaban J connectivity index is 1.77. The summed E-state index contributed by atoms with van der Waals surface area (Å²) in [6.07, 6.45) is 5.42. The first-order chi connectivity index (χ1) is 9.90. The van der Waals surface area contributed by atoms with Gasteiger partial charge in [-0.25, -0.2) is 0 Å². The van der Waals surface area contributed by atoms with Crippen LogP contribution in [0.4, 0.5) is 0 Å². The van der Waals surface area contributed by atoms with Crippen molar-refractivity contribution in [2.75, 3.05) is 0 Å². The maximum Gasteiger partial charge on any atom is 0.160 e. The molecule has 3 heterocycles. The molecule has 3 aromatic heterocycles. The fourth-order valence-corrected chi connectivity index (χ4v) is 2.24. The number of fused-ring (bicyclic) bond motifs is 1. The van der Waals surface area contributed by atoms with Gasteiger partial charge in [0.25, 0.3) is 0 Å². The van der Waals surface area contributed by atoms with Gasteiger partial charge in [0.05, 0.1) is 6.26 Å². The molecule has 0 aliphatic carbocycles. The lowest BCUT2D eigenvalue weighted by atomic mass is 10.1. The minimum atomic E-state index is 0.823. The Labute approximate surface area is 115 Å². The Morgan fingerprint density at radius 3 is 2.70 bits per heavy atom. The van der Waals surface area contributed by atoms with Crippen LogP contribution in [0.1, 0.15) is 0 Å². The van der Waals surface area contributed by atoms with Crippen LogP contribution in [0, 0.1) is 0 Å². The molecule has 0 amide bonds. The van der Waals surface area contributed by atoms with Crippen LogP contribution in [-0.4, -0.2) is 14.6 Å². The van der Waals surface area contributed by atoms with Crippen LogP contribution in [0.25, 0.3) is 28.1 Å². The number of nitrogens with zero attached hydrogens (tertiary/aromatic N) is 3. The molecule has 96 valence electrons. The second-order valence-corrected chi connectivity index (χ2v) is 4.58. The third-order valence-electron chi connectivity index (χ3n) is 3.28. The maximum atomic E-state index is 5.68. The van der Waals surface area contributed by atoms with Crippen molar-refractivity contribution in [2.24, 2.45) is 0 Å². The van der Waals surface area contributed by atoms with E-state index in [1.807, 2.05) is 47.0 Å². The van der Waals surface area contributed by atoms with Gasteiger partial charge in [-0.15, -0.1) is 10.2 Å². The molecule has 0 bridgehead atoms. The lowest BCUT2D eigenvalue weighted by molar-refractivity contribution is 0.583. The third-order valence-corrected chi connectivity index (χ3v) is 3.28. The third kappa shape index (κ3) is 1.78. The van der Waals surface area contributed by atoms with Gasteiger partial charge in [0, 0.05) is 17.3 Å². The summed E-state index contributed by atoms with van der Waals surface area (Å²) >= 11 is 0.